The Morgan fingerprint density at radius 1 is 1.36 bits per heavy atom. The predicted octanol–water partition coefficient (Wildman–Crippen LogP) is 2.07. The maximum atomic E-state index is 4.31. The summed E-state index contributed by atoms with van der Waals surface area (Å²) >= 11 is 0. The molecule has 2 fully saturated rings. The van der Waals surface area contributed by atoms with Gasteiger partial charge in [-0.15, -0.1) is 24.0 Å². The molecule has 0 saturated heterocycles. The Kier molecular flexibility index (Phi) is 6.46. The first kappa shape index (κ1) is 17.5. The number of halogens is 1. The van der Waals surface area contributed by atoms with E-state index in [1.165, 1.54) is 38.5 Å². The van der Waals surface area contributed by atoms with E-state index >= 15 is 0 Å². The summed E-state index contributed by atoms with van der Waals surface area (Å²) in [7, 11) is 3.73. The predicted molar refractivity (Wildman–Crippen MR) is 98.2 cm³/mol. The minimum Gasteiger partial charge on any atom is -0.353 e. The van der Waals surface area contributed by atoms with Gasteiger partial charge in [-0.3, -0.25) is 9.67 Å². The highest BCUT2D eigenvalue weighted by molar-refractivity contribution is 14.0. The van der Waals surface area contributed by atoms with Crippen LogP contribution in [0.2, 0.25) is 0 Å². The molecule has 2 N–H and O–H groups in total. The van der Waals surface area contributed by atoms with Crippen molar-refractivity contribution in [3.8, 4) is 0 Å². The average molecular weight is 418 g/mol. The third-order valence-electron chi connectivity index (χ3n) is 4.86. The van der Waals surface area contributed by atoms with Gasteiger partial charge in [0, 0.05) is 20.1 Å². The quantitative estimate of drug-likeness (QED) is 0.447. The van der Waals surface area contributed by atoms with E-state index < -0.39 is 0 Å². The highest BCUT2D eigenvalue weighted by Gasteiger charge is 2.43. The van der Waals surface area contributed by atoms with Gasteiger partial charge in [0.15, 0.2) is 5.96 Å². The summed E-state index contributed by atoms with van der Waals surface area (Å²) in [4.78, 5) is 8.53. The van der Waals surface area contributed by atoms with Crippen molar-refractivity contribution in [2.75, 3.05) is 7.05 Å². The van der Waals surface area contributed by atoms with Crippen molar-refractivity contribution in [1.29, 1.82) is 0 Å². The second kappa shape index (κ2) is 8.12. The molecule has 0 aliphatic heterocycles. The van der Waals surface area contributed by atoms with Crippen molar-refractivity contribution in [2.45, 2.75) is 51.1 Å². The third-order valence-corrected chi connectivity index (χ3v) is 4.86. The molecule has 0 radical (unpaired) electrons. The zero-order valence-corrected chi connectivity index (χ0v) is 15.8. The monoisotopic (exact) mass is 418 g/mol. The summed E-state index contributed by atoms with van der Waals surface area (Å²) in [5.74, 6) is 3.59. The summed E-state index contributed by atoms with van der Waals surface area (Å²) in [6.45, 7) is 0.650. The molecule has 2 aliphatic rings. The fourth-order valence-electron chi connectivity index (χ4n) is 3.48. The number of hydrogen-bond donors (Lipinski definition) is 2. The Labute approximate surface area is 149 Å². The molecule has 3 rings (SSSR count). The van der Waals surface area contributed by atoms with Gasteiger partial charge in [-0.1, -0.05) is 32.1 Å². The van der Waals surface area contributed by atoms with Crippen LogP contribution in [-0.4, -0.2) is 33.8 Å². The molecule has 0 amide bonds. The number of aromatic nitrogens is 3. The van der Waals surface area contributed by atoms with Gasteiger partial charge in [0.1, 0.15) is 12.2 Å². The van der Waals surface area contributed by atoms with Crippen molar-refractivity contribution >= 4 is 29.9 Å². The van der Waals surface area contributed by atoms with Crippen molar-refractivity contribution in [2.24, 2.45) is 23.9 Å². The van der Waals surface area contributed by atoms with Crippen LogP contribution in [0.3, 0.4) is 0 Å². The van der Waals surface area contributed by atoms with Gasteiger partial charge in [-0.25, -0.2) is 4.98 Å². The highest BCUT2D eigenvalue weighted by Crippen LogP contribution is 2.44. The van der Waals surface area contributed by atoms with E-state index in [0.717, 1.165) is 23.6 Å². The molecular formula is C15H27IN6. The van der Waals surface area contributed by atoms with Crippen molar-refractivity contribution < 1.29 is 0 Å². The Balaban J connectivity index is 0.00000176. The lowest BCUT2D eigenvalue weighted by Crippen LogP contribution is -2.39. The first-order chi connectivity index (χ1) is 10.3. The van der Waals surface area contributed by atoms with E-state index in [-0.39, 0.29) is 24.0 Å². The molecule has 6 nitrogen and oxygen atoms in total. The van der Waals surface area contributed by atoms with E-state index in [0.29, 0.717) is 12.6 Å². The molecule has 7 heteroatoms. The van der Waals surface area contributed by atoms with Crippen LogP contribution < -0.4 is 10.6 Å². The van der Waals surface area contributed by atoms with E-state index in [4.69, 9.17) is 0 Å². The lowest BCUT2D eigenvalue weighted by molar-refractivity contribution is 0.315. The van der Waals surface area contributed by atoms with E-state index in [1.54, 1.807) is 11.0 Å². The SMILES string of the molecule is CN=C(NCc1ncnn1C)NC1CC1C1CCCCC1.I. The maximum Gasteiger partial charge on any atom is 0.191 e. The minimum absolute atomic E-state index is 0. The molecule has 2 unspecified atom stereocenters. The number of rotatable bonds is 4. The van der Waals surface area contributed by atoms with Gasteiger partial charge < -0.3 is 10.6 Å². The van der Waals surface area contributed by atoms with Crippen molar-refractivity contribution in [3.63, 3.8) is 0 Å². The van der Waals surface area contributed by atoms with Crippen LogP contribution in [0.15, 0.2) is 11.3 Å². The number of aryl methyl sites for hydroxylation is 1. The summed E-state index contributed by atoms with van der Waals surface area (Å²) < 4.78 is 1.78. The fourth-order valence-corrected chi connectivity index (χ4v) is 3.48. The number of hydrogen-bond acceptors (Lipinski definition) is 3. The van der Waals surface area contributed by atoms with Crippen LogP contribution in [0, 0.1) is 11.8 Å². The molecule has 0 aromatic carbocycles. The summed E-state index contributed by atoms with van der Waals surface area (Å²) in [6.07, 6.45) is 10.0. The lowest BCUT2D eigenvalue weighted by atomic mass is 9.85. The number of nitrogens with one attached hydrogen (secondary N) is 2. The largest absolute Gasteiger partial charge is 0.353 e. The normalized spacial score (nSPS) is 25.5. The van der Waals surface area contributed by atoms with Crippen LogP contribution in [0.25, 0.3) is 0 Å². The number of nitrogens with zero attached hydrogens (tertiary/aromatic N) is 4. The fraction of sp³-hybridized carbons (Fsp3) is 0.800. The Hall–Kier alpha value is -0.860. The van der Waals surface area contributed by atoms with Crippen LogP contribution in [0.4, 0.5) is 0 Å². The second-order valence-corrected chi connectivity index (χ2v) is 6.27. The van der Waals surface area contributed by atoms with Crippen LogP contribution in [0.5, 0.6) is 0 Å². The van der Waals surface area contributed by atoms with Gasteiger partial charge in [-0.05, 0) is 18.3 Å². The molecule has 1 aromatic rings. The molecule has 2 saturated carbocycles. The topological polar surface area (TPSA) is 67.1 Å². The zero-order valence-electron chi connectivity index (χ0n) is 13.5. The van der Waals surface area contributed by atoms with Gasteiger partial charge in [0.25, 0.3) is 0 Å². The van der Waals surface area contributed by atoms with E-state index in [2.05, 4.69) is 25.7 Å². The summed E-state index contributed by atoms with van der Waals surface area (Å²) in [5.41, 5.74) is 0. The van der Waals surface area contributed by atoms with Gasteiger partial charge in [0.05, 0.1) is 6.54 Å². The molecule has 1 aromatic heterocycles. The smallest absolute Gasteiger partial charge is 0.191 e. The standard InChI is InChI=1S/C15H26N6.HI/c1-16-15(17-9-14-18-10-19-21(14)2)20-13-8-12(13)11-6-4-3-5-7-11;/h10-13H,3-9H2,1-2H3,(H2,16,17,20);1H. The highest BCUT2D eigenvalue weighted by atomic mass is 127. The van der Waals surface area contributed by atoms with Gasteiger partial charge in [-0.2, -0.15) is 5.10 Å². The van der Waals surface area contributed by atoms with Crippen LogP contribution in [-0.2, 0) is 13.6 Å². The summed E-state index contributed by atoms with van der Waals surface area (Å²) in [5, 5.41) is 10.9. The number of aliphatic imine (C=N–C) groups is 1. The van der Waals surface area contributed by atoms with Gasteiger partial charge >= 0.3 is 0 Å². The lowest BCUT2D eigenvalue weighted by Gasteiger charge is -2.22. The van der Waals surface area contributed by atoms with Gasteiger partial charge in [0.2, 0.25) is 0 Å². The van der Waals surface area contributed by atoms with Crippen LogP contribution in [0.1, 0.15) is 44.3 Å². The van der Waals surface area contributed by atoms with Crippen molar-refractivity contribution in [3.05, 3.63) is 12.2 Å². The first-order valence-corrected chi connectivity index (χ1v) is 8.08. The molecule has 2 atom stereocenters. The third kappa shape index (κ3) is 4.33. The second-order valence-electron chi connectivity index (χ2n) is 6.27. The Morgan fingerprint density at radius 2 is 2.14 bits per heavy atom. The molecule has 0 spiro atoms. The molecule has 1 heterocycles. The Morgan fingerprint density at radius 3 is 2.77 bits per heavy atom. The number of guanidine groups is 1. The van der Waals surface area contributed by atoms with E-state index in [1.807, 2.05) is 14.1 Å². The molecular weight excluding hydrogens is 391 g/mol. The maximum absolute atomic E-state index is 4.31. The van der Waals surface area contributed by atoms with E-state index in [9.17, 15) is 0 Å². The molecule has 124 valence electrons. The minimum atomic E-state index is 0. The molecule has 0 bridgehead atoms. The van der Waals surface area contributed by atoms with Crippen molar-refractivity contribution in [1.82, 2.24) is 25.4 Å². The molecule has 2 aliphatic carbocycles. The molecule has 22 heavy (non-hydrogen) atoms. The average Bonchev–Trinajstić information content (AvgIpc) is 3.17. The Bertz CT molecular complexity index is 494. The first-order valence-electron chi connectivity index (χ1n) is 8.08. The van der Waals surface area contributed by atoms with Crippen LogP contribution >= 0.6 is 24.0 Å². The summed E-state index contributed by atoms with van der Waals surface area (Å²) in [6, 6.07) is 0.610. The zero-order chi connectivity index (χ0) is 14.7.